The summed E-state index contributed by atoms with van der Waals surface area (Å²) in [6, 6.07) is 3.12. The van der Waals surface area contributed by atoms with Crippen molar-refractivity contribution in [1.29, 1.82) is 0 Å². The lowest BCUT2D eigenvalue weighted by Crippen LogP contribution is -2.39. The summed E-state index contributed by atoms with van der Waals surface area (Å²) in [7, 11) is 0. The number of aliphatic hydroxyl groups excluding tert-OH is 3. The second-order valence-corrected chi connectivity index (χ2v) is 3.94. The van der Waals surface area contributed by atoms with Crippen molar-refractivity contribution in [3.05, 3.63) is 33.9 Å². The molecule has 8 heteroatoms. The summed E-state index contributed by atoms with van der Waals surface area (Å²) in [6.07, 6.45) is 0.998. The van der Waals surface area contributed by atoms with E-state index in [0.29, 0.717) is 0 Å². The lowest BCUT2D eigenvalue weighted by Gasteiger charge is -2.22. The quantitative estimate of drug-likeness (QED) is 0.337. The summed E-state index contributed by atoms with van der Waals surface area (Å²) < 4.78 is 0. The minimum atomic E-state index is -1.52. The highest BCUT2D eigenvalue weighted by Gasteiger charge is 2.26. The van der Waals surface area contributed by atoms with Gasteiger partial charge in [-0.3, -0.25) is 15.1 Å². The lowest BCUT2D eigenvalue weighted by atomic mass is 10.0. The van der Waals surface area contributed by atoms with Gasteiger partial charge in [0.1, 0.15) is 5.54 Å². The molecule has 0 saturated carbocycles. The van der Waals surface area contributed by atoms with Crippen LogP contribution in [0.5, 0.6) is 5.75 Å². The summed E-state index contributed by atoms with van der Waals surface area (Å²) in [5.74, 6) is -0.489. The van der Waals surface area contributed by atoms with Crippen LogP contribution in [0.2, 0.25) is 0 Å². The van der Waals surface area contributed by atoms with Gasteiger partial charge >= 0.3 is 0 Å². The van der Waals surface area contributed by atoms with Gasteiger partial charge in [0.2, 0.25) is 0 Å². The molecule has 104 valence electrons. The van der Waals surface area contributed by atoms with E-state index in [9.17, 15) is 15.2 Å². The molecule has 0 atom stereocenters. The molecule has 8 nitrogen and oxygen atoms in total. The predicted molar refractivity (Wildman–Crippen MR) is 64.1 cm³/mol. The minimum absolute atomic E-state index is 0.0612. The lowest BCUT2D eigenvalue weighted by molar-refractivity contribution is -0.385. The third-order valence-corrected chi connectivity index (χ3v) is 2.56. The van der Waals surface area contributed by atoms with Crippen LogP contribution < -0.4 is 5.11 Å². The Morgan fingerprint density at radius 3 is 2.32 bits per heavy atom. The van der Waals surface area contributed by atoms with Crippen molar-refractivity contribution in [3.8, 4) is 5.75 Å². The highest BCUT2D eigenvalue weighted by atomic mass is 16.6. The zero-order valence-corrected chi connectivity index (χ0v) is 9.89. The maximum atomic E-state index is 11.5. The Hall–Kier alpha value is -2.03. The van der Waals surface area contributed by atoms with Gasteiger partial charge < -0.3 is 20.4 Å². The van der Waals surface area contributed by atoms with Gasteiger partial charge in [-0.2, -0.15) is 0 Å². The maximum Gasteiger partial charge on any atom is 0.270 e. The van der Waals surface area contributed by atoms with Crippen LogP contribution in [0.25, 0.3) is 0 Å². The number of aliphatic imine (C=N–C) groups is 1. The number of hydrogen-bond donors (Lipinski definition) is 3. The first-order chi connectivity index (χ1) is 8.98. The summed E-state index contributed by atoms with van der Waals surface area (Å²) in [5, 5.41) is 49.2. The first-order valence-electron chi connectivity index (χ1n) is 5.31. The van der Waals surface area contributed by atoms with Gasteiger partial charge in [0.25, 0.3) is 5.69 Å². The van der Waals surface area contributed by atoms with Gasteiger partial charge in [-0.25, -0.2) is 0 Å². The number of nitrogens with zero attached hydrogens (tertiary/aromatic N) is 2. The normalized spacial score (nSPS) is 11.9. The molecule has 0 saturated heterocycles. The highest BCUT2D eigenvalue weighted by molar-refractivity contribution is 5.84. The van der Waals surface area contributed by atoms with E-state index < -0.39 is 36.0 Å². The molecule has 0 bridgehead atoms. The Bertz CT molecular complexity index is 476. The second kappa shape index (κ2) is 6.23. The molecule has 3 N–H and O–H groups in total. The molecule has 0 aromatic heterocycles. The molecule has 0 aliphatic rings. The summed E-state index contributed by atoms with van der Waals surface area (Å²) in [5.41, 5.74) is -1.85. The first kappa shape index (κ1) is 15.0. The Kier molecular flexibility index (Phi) is 4.93. The molecule has 0 heterocycles. The van der Waals surface area contributed by atoms with Gasteiger partial charge in [-0.15, -0.1) is 0 Å². The number of non-ortho nitro benzene ring substituents is 1. The molecule has 1 rings (SSSR count). The number of aliphatic hydroxyl groups is 3. The maximum absolute atomic E-state index is 11.5. The van der Waals surface area contributed by atoms with Gasteiger partial charge in [0.05, 0.1) is 24.7 Å². The zero-order valence-electron chi connectivity index (χ0n) is 9.89. The molecule has 0 radical (unpaired) electrons. The average molecular weight is 269 g/mol. The monoisotopic (exact) mass is 269 g/mol. The van der Waals surface area contributed by atoms with Crippen molar-refractivity contribution in [2.24, 2.45) is 4.99 Å². The van der Waals surface area contributed by atoms with E-state index in [2.05, 4.69) is 4.99 Å². The standard InChI is InChI=1S/C11H14N2O6/c14-5-11(6-15,7-16)12-4-8-3-9(13(18)19)1-2-10(8)17/h1-4,14-17H,5-7H2/p-1. The van der Waals surface area contributed by atoms with E-state index in [0.717, 1.165) is 24.4 Å². The summed E-state index contributed by atoms with van der Waals surface area (Å²) >= 11 is 0. The smallest absolute Gasteiger partial charge is 0.270 e. The van der Waals surface area contributed by atoms with E-state index in [1.807, 2.05) is 0 Å². The SMILES string of the molecule is O=[N+]([O-])c1ccc([O-])c(C=NC(CO)(CO)CO)c1. The van der Waals surface area contributed by atoms with Crippen LogP contribution in [-0.2, 0) is 0 Å². The number of nitro benzene ring substituents is 1. The minimum Gasteiger partial charge on any atom is -0.872 e. The topological polar surface area (TPSA) is 139 Å². The third-order valence-electron chi connectivity index (χ3n) is 2.56. The van der Waals surface area contributed by atoms with Crippen molar-refractivity contribution in [3.63, 3.8) is 0 Å². The molecule has 1 aromatic carbocycles. The van der Waals surface area contributed by atoms with Crippen LogP contribution in [0.1, 0.15) is 5.56 Å². The van der Waals surface area contributed by atoms with Crippen molar-refractivity contribution in [2.75, 3.05) is 19.8 Å². The molecule has 0 spiro atoms. The van der Waals surface area contributed by atoms with E-state index in [-0.39, 0.29) is 11.3 Å². The van der Waals surface area contributed by atoms with Gasteiger partial charge in [-0.05, 0) is 5.56 Å². The van der Waals surface area contributed by atoms with Crippen LogP contribution in [0.3, 0.4) is 0 Å². The van der Waals surface area contributed by atoms with E-state index in [1.165, 1.54) is 0 Å². The Balaban J connectivity index is 3.10. The number of benzene rings is 1. The first-order valence-corrected chi connectivity index (χ1v) is 5.31. The zero-order chi connectivity index (χ0) is 14.5. The highest BCUT2D eigenvalue weighted by Crippen LogP contribution is 2.20. The molecule has 0 amide bonds. The van der Waals surface area contributed by atoms with Crippen molar-refractivity contribution >= 4 is 11.9 Å². The summed E-state index contributed by atoms with van der Waals surface area (Å²) in [4.78, 5) is 13.7. The molecule has 0 aliphatic carbocycles. The molecular formula is C11H13N2O6-. The van der Waals surface area contributed by atoms with Crippen LogP contribution in [-0.4, -0.2) is 51.8 Å². The van der Waals surface area contributed by atoms with Crippen molar-refractivity contribution < 1.29 is 25.3 Å². The number of nitro groups is 1. The number of rotatable bonds is 6. The van der Waals surface area contributed by atoms with Crippen LogP contribution in [0.15, 0.2) is 23.2 Å². The Morgan fingerprint density at radius 1 is 1.26 bits per heavy atom. The summed E-state index contributed by atoms with van der Waals surface area (Å²) in [6.45, 7) is -1.88. The van der Waals surface area contributed by atoms with Gasteiger partial charge in [0.15, 0.2) is 0 Å². The third kappa shape index (κ3) is 3.47. The molecule has 19 heavy (non-hydrogen) atoms. The van der Waals surface area contributed by atoms with Crippen LogP contribution in [0.4, 0.5) is 5.69 Å². The average Bonchev–Trinajstić information content (AvgIpc) is 2.42. The Labute approximate surface area is 108 Å². The van der Waals surface area contributed by atoms with Crippen LogP contribution >= 0.6 is 0 Å². The van der Waals surface area contributed by atoms with Crippen molar-refractivity contribution in [2.45, 2.75) is 5.54 Å². The molecule has 0 unspecified atom stereocenters. The largest absolute Gasteiger partial charge is 0.872 e. The second-order valence-electron chi connectivity index (χ2n) is 3.94. The Morgan fingerprint density at radius 2 is 1.84 bits per heavy atom. The number of hydrogen-bond acceptors (Lipinski definition) is 7. The molecular weight excluding hydrogens is 256 g/mol. The van der Waals surface area contributed by atoms with E-state index in [4.69, 9.17) is 15.3 Å². The van der Waals surface area contributed by atoms with Gasteiger partial charge in [0, 0.05) is 18.3 Å². The molecule has 0 aliphatic heterocycles. The fourth-order valence-electron chi connectivity index (χ4n) is 1.23. The van der Waals surface area contributed by atoms with Crippen molar-refractivity contribution in [1.82, 2.24) is 0 Å². The fourth-order valence-corrected chi connectivity index (χ4v) is 1.23. The van der Waals surface area contributed by atoms with E-state index >= 15 is 0 Å². The van der Waals surface area contributed by atoms with Crippen LogP contribution in [0, 0.1) is 10.1 Å². The molecule has 1 aromatic rings. The molecule has 0 fully saturated rings. The predicted octanol–water partition coefficient (Wildman–Crippen LogP) is -1.20. The van der Waals surface area contributed by atoms with E-state index in [1.54, 1.807) is 0 Å². The fraction of sp³-hybridized carbons (Fsp3) is 0.364. The van der Waals surface area contributed by atoms with Gasteiger partial charge in [-0.1, -0.05) is 11.8 Å².